The van der Waals surface area contributed by atoms with Crippen LogP contribution in [0.3, 0.4) is 0 Å². The minimum atomic E-state index is -0.734. The number of carbonyl (C=O) groups is 3. The van der Waals surface area contributed by atoms with Crippen molar-refractivity contribution in [1.29, 1.82) is 0 Å². The molecule has 1 aliphatic heterocycles. The highest BCUT2D eigenvalue weighted by Gasteiger charge is 2.51. The van der Waals surface area contributed by atoms with Crippen molar-refractivity contribution in [2.45, 2.75) is 43.9 Å². The van der Waals surface area contributed by atoms with Crippen LogP contribution in [0.15, 0.2) is 54.1 Å². The molecule has 1 heterocycles. The van der Waals surface area contributed by atoms with Gasteiger partial charge in [0.25, 0.3) is 11.8 Å². The van der Waals surface area contributed by atoms with Crippen molar-refractivity contribution in [3.8, 4) is 18.1 Å². The van der Waals surface area contributed by atoms with Crippen LogP contribution < -0.4 is 15.0 Å². The number of amides is 4. The average molecular weight is 481 g/mol. The Hall–Kier alpha value is -3.85. The molecule has 0 aromatic heterocycles. The maximum Gasteiger partial charge on any atom is 0.335 e. The maximum atomic E-state index is 13.3. The number of rotatable bonds is 5. The molecule has 2 aromatic carbocycles. The largest absolute Gasteiger partial charge is 0.481 e. The molecule has 1 saturated heterocycles. The van der Waals surface area contributed by atoms with E-state index in [4.69, 9.17) is 11.2 Å². The van der Waals surface area contributed by atoms with Gasteiger partial charge in [0, 0.05) is 0 Å². The van der Waals surface area contributed by atoms with Gasteiger partial charge in [-0.25, -0.2) is 9.69 Å². The number of barbiturate groups is 1. The van der Waals surface area contributed by atoms with E-state index in [-0.39, 0.29) is 17.6 Å². The van der Waals surface area contributed by atoms with Gasteiger partial charge in [0.2, 0.25) is 0 Å². The smallest absolute Gasteiger partial charge is 0.335 e. The molecule has 6 heteroatoms. The van der Waals surface area contributed by atoms with Gasteiger partial charge in [-0.05, 0) is 103 Å². The van der Waals surface area contributed by atoms with E-state index in [1.165, 1.54) is 50.2 Å². The Morgan fingerprint density at radius 1 is 0.944 bits per heavy atom. The first-order valence-electron chi connectivity index (χ1n) is 12.6. The number of benzene rings is 2. The van der Waals surface area contributed by atoms with Gasteiger partial charge in [0.1, 0.15) is 17.9 Å². The van der Waals surface area contributed by atoms with Crippen molar-refractivity contribution in [3.63, 3.8) is 0 Å². The molecule has 2 aromatic rings. The van der Waals surface area contributed by atoms with Crippen LogP contribution >= 0.6 is 0 Å². The quantitative estimate of drug-likeness (QED) is 0.378. The molecule has 4 aliphatic carbocycles. The molecule has 0 radical (unpaired) electrons. The summed E-state index contributed by atoms with van der Waals surface area (Å²) in [6.07, 6.45) is 14.6. The second-order valence-electron chi connectivity index (χ2n) is 10.8. The van der Waals surface area contributed by atoms with E-state index in [0.29, 0.717) is 17.0 Å². The van der Waals surface area contributed by atoms with E-state index in [1.54, 1.807) is 24.3 Å². The number of hydrogen-bond donors (Lipinski definition) is 1. The van der Waals surface area contributed by atoms with Crippen molar-refractivity contribution in [2.24, 2.45) is 17.8 Å². The van der Waals surface area contributed by atoms with Crippen LogP contribution in [-0.4, -0.2) is 24.5 Å². The van der Waals surface area contributed by atoms with E-state index in [1.807, 2.05) is 12.1 Å². The Morgan fingerprint density at radius 3 is 2.14 bits per heavy atom. The van der Waals surface area contributed by atoms with Gasteiger partial charge in [-0.2, -0.15) is 0 Å². The Morgan fingerprint density at radius 2 is 1.56 bits per heavy atom. The molecule has 6 nitrogen and oxygen atoms in total. The molecule has 1 N–H and O–H groups in total. The Labute approximate surface area is 210 Å². The monoisotopic (exact) mass is 480 g/mol. The maximum absolute atomic E-state index is 13.3. The zero-order chi connectivity index (χ0) is 24.9. The zero-order valence-corrected chi connectivity index (χ0v) is 20.0. The van der Waals surface area contributed by atoms with Crippen LogP contribution in [0.2, 0.25) is 0 Å². The second kappa shape index (κ2) is 8.67. The topological polar surface area (TPSA) is 75.7 Å². The molecule has 4 saturated carbocycles. The molecule has 0 unspecified atom stereocenters. The molecule has 4 amide bonds. The fourth-order valence-electron chi connectivity index (χ4n) is 7.27. The third-order valence-electron chi connectivity index (χ3n) is 8.39. The molecule has 36 heavy (non-hydrogen) atoms. The van der Waals surface area contributed by atoms with E-state index in [0.717, 1.165) is 22.7 Å². The minimum absolute atomic E-state index is 0.1000. The van der Waals surface area contributed by atoms with Gasteiger partial charge in [-0.3, -0.25) is 14.9 Å². The number of terminal acetylenes is 1. The summed E-state index contributed by atoms with van der Waals surface area (Å²) in [5, 5.41) is 2.30. The van der Waals surface area contributed by atoms with Crippen molar-refractivity contribution in [1.82, 2.24) is 5.32 Å². The summed E-state index contributed by atoms with van der Waals surface area (Å²) in [5.41, 5.74) is 2.54. The SMILES string of the molecule is C#CCOc1ccc(/C=C2\C(=O)NC(=O)N(c3ccc(C45CC6CC(CC(C6)C4)C5)cc3)C2=O)cc1. The first-order valence-corrected chi connectivity index (χ1v) is 12.6. The van der Waals surface area contributed by atoms with Gasteiger partial charge in [0.05, 0.1) is 5.69 Å². The Balaban J connectivity index is 1.24. The number of nitrogens with one attached hydrogen (secondary N) is 1. The number of ether oxygens (including phenoxy) is 1. The van der Waals surface area contributed by atoms with Crippen molar-refractivity contribution in [2.75, 3.05) is 11.5 Å². The standard InChI is InChI=1S/C30H28N2O4/c1-2-11-36-25-9-3-19(4-10-25)15-26-27(33)31-29(35)32(28(26)34)24-7-5-23(6-8-24)30-16-20-12-21(17-30)14-22(13-20)18-30/h1,3-10,15,20-22H,11-14,16-18H2,(H,31,33,35)/b26-15+. The van der Waals surface area contributed by atoms with Crippen LogP contribution in [0, 0.1) is 30.1 Å². The summed E-state index contributed by atoms with van der Waals surface area (Å²) < 4.78 is 5.36. The third kappa shape index (κ3) is 3.89. The van der Waals surface area contributed by atoms with Crippen molar-refractivity contribution in [3.05, 3.63) is 65.2 Å². The van der Waals surface area contributed by atoms with Gasteiger partial charge in [-0.15, -0.1) is 6.42 Å². The van der Waals surface area contributed by atoms with Crippen LogP contribution in [0.1, 0.15) is 49.7 Å². The van der Waals surface area contributed by atoms with E-state index in [9.17, 15) is 14.4 Å². The molecule has 5 fully saturated rings. The molecule has 7 rings (SSSR count). The van der Waals surface area contributed by atoms with Gasteiger partial charge in [-0.1, -0.05) is 30.2 Å². The van der Waals surface area contributed by atoms with E-state index in [2.05, 4.69) is 23.4 Å². The number of imide groups is 2. The number of urea groups is 1. The van der Waals surface area contributed by atoms with Crippen LogP contribution in [0.25, 0.3) is 6.08 Å². The van der Waals surface area contributed by atoms with Crippen molar-refractivity contribution >= 4 is 29.6 Å². The number of carbonyl (C=O) groups excluding carboxylic acids is 3. The summed E-state index contributed by atoms with van der Waals surface area (Å²) in [7, 11) is 0. The van der Waals surface area contributed by atoms with Crippen molar-refractivity contribution < 1.29 is 19.1 Å². The molecule has 5 aliphatic rings. The molecular weight excluding hydrogens is 452 g/mol. The highest BCUT2D eigenvalue weighted by atomic mass is 16.5. The van der Waals surface area contributed by atoms with E-state index >= 15 is 0 Å². The van der Waals surface area contributed by atoms with Crippen LogP contribution in [-0.2, 0) is 15.0 Å². The molecule has 4 bridgehead atoms. The molecule has 182 valence electrons. The molecule has 0 atom stereocenters. The Kier molecular flexibility index (Phi) is 5.44. The predicted molar refractivity (Wildman–Crippen MR) is 136 cm³/mol. The first kappa shape index (κ1) is 22.6. The Bertz CT molecular complexity index is 1260. The first-order chi connectivity index (χ1) is 17.4. The van der Waals surface area contributed by atoms with Crippen LogP contribution in [0.5, 0.6) is 5.75 Å². The second-order valence-corrected chi connectivity index (χ2v) is 10.8. The lowest BCUT2D eigenvalue weighted by molar-refractivity contribution is -0.122. The highest BCUT2D eigenvalue weighted by Crippen LogP contribution is 2.60. The summed E-state index contributed by atoms with van der Waals surface area (Å²) >= 11 is 0. The van der Waals surface area contributed by atoms with Gasteiger partial charge >= 0.3 is 6.03 Å². The third-order valence-corrected chi connectivity index (χ3v) is 8.39. The lowest BCUT2D eigenvalue weighted by atomic mass is 9.48. The minimum Gasteiger partial charge on any atom is -0.481 e. The summed E-state index contributed by atoms with van der Waals surface area (Å²) in [4.78, 5) is 39.5. The van der Waals surface area contributed by atoms with Gasteiger partial charge in [0.15, 0.2) is 0 Å². The number of anilines is 1. The summed E-state index contributed by atoms with van der Waals surface area (Å²) in [6.45, 7) is 0.153. The lowest BCUT2D eigenvalue weighted by Crippen LogP contribution is -2.54. The number of hydrogen-bond acceptors (Lipinski definition) is 4. The van der Waals surface area contributed by atoms with Crippen LogP contribution in [0.4, 0.5) is 10.5 Å². The molecule has 0 spiro atoms. The fourth-order valence-corrected chi connectivity index (χ4v) is 7.27. The summed E-state index contributed by atoms with van der Waals surface area (Å²) in [6, 6.07) is 14.0. The molecular formula is C30H28N2O4. The average Bonchev–Trinajstić information content (AvgIpc) is 2.85. The summed E-state index contributed by atoms with van der Waals surface area (Å²) in [5.74, 6) is 4.14. The lowest BCUT2D eigenvalue weighted by Gasteiger charge is -2.57. The van der Waals surface area contributed by atoms with Gasteiger partial charge < -0.3 is 4.74 Å². The highest BCUT2D eigenvalue weighted by molar-refractivity contribution is 6.39. The fraction of sp³-hybridized carbons (Fsp3) is 0.367. The predicted octanol–water partition coefficient (Wildman–Crippen LogP) is 4.83. The zero-order valence-electron chi connectivity index (χ0n) is 20.0. The number of nitrogens with zero attached hydrogens (tertiary/aromatic N) is 1. The van der Waals surface area contributed by atoms with E-state index < -0.39 is 17.8 Å². The normalized spacial score (nSPS) is 29.9.